The van der Waals surface area contributed by atoms with E-state index in [9.17, 15) is 15.3 Å². The number of hydrogen-bond donors (Lipinski definition) is 3. The number of rotatable bonds is 1. The van der Waals surface area contributed by atoms with Crippen molar-refractivity contribution in [3.63, 3.8) is 0 Å². The van der Waals surface area contributed by atoms with E-state index in [4.69, 9.17) is 9.47 Å². The zero-order valence-corrected chi connectivity index (χ0v) is 6.62. The molecule has 1 heterocycles. The maximum atomic E-state index is 9.39. The first-order valence-electron chi connectivity index (χ1n) is 3.89. The maximum Gasteiger partial charge on any atom is 0.116 e. The van der Waals surface area contributed by atoms with Gasteiger partial charge in [-0.25, -0.2) is 0 Å². The summed E-state index contributed by atoms with van der Waals surface area (Å²) in [6, 6.07) is 0. The zero-order chi connectivity index (χ0) is 8.88. The van der Waals surface area contributed by atoms with Crippen molar-refractivity contribution in [2.45, 2.75) is 36.6 Å². The topological polar surface area (TPSA) is 82.5 Å². The second-order valence-corrected chi connectivity index (χ2v) is 3.24. The van der Waals surface area contributed by atoms with Gasteiger partial charge in [0.25, 0.3) is 0 Å². The van der Waals surface area contributed by atoms with Crippen molar-refractivity contribution in [1.82, 2.24) is 0 Å². The molecule has 5 heteroatoms. The van der Waals surface area contributed by atoms with Gasteiger partial charge in [0.2, 0.25) is 0 Å². The summed E-state index contributed by atoms with van der Waals surface area (Å²) >= 11 is 0. The third-order valence-electron chi connectivity index (χ3n) is 2.53. The molecule has 70 valence electrons. The van der Waals surface area contributed by atoms with Crippen molar-refractivity contribution in [3.05, 3.63) is 0 Å². The van der Waals surface area contributed by atoms with E-state index < -0.39 is 24.4 Å². The fraction of sp³-hybridized carbons (Fsp3) is 1.00. The SMILES string of the molecule is CO[C@@H]1C2O[C@@H]2[C@@H](O)[C@H](O)[C@H]1O. The molecule has 5 nitrogen and oxygen atoms in total. The van der Waals surface area contributed by atoms with Gasteiger partial charge in [0.05, 0.1) is 0 Å². The number of epoxide rings is 1. The molecule has 1 aliphatic carbocycles. The van der Waals surface area contributed by atoms with E-state index in [0.717, 1.165) is 0 Å². The van der Waals surface area contributed by atoms with Crippen molar-refractivity contribution in [3.8, 4) is 0 Å². The molecule has 1 saturated heterocycles. The summed E-state index contributed by atoms with van der Waals surface area (Å²) in [7, 11) is 1.44. The van der Waals surface area contributed by atoms with Crippen LogP contribution in [0.25, 0.3) is 0 Å². The van der Waals surface area contributed by atoms with Crippen LogP contribution in [0.3, 0.4) is 0 Å². The standard InChI is InChI=1S/C7H12O5/c1-11-5-3(9)2(8)4(10)6-7(5)12-6/h2-10H,1H3/t2-,3-,4+,5+,6-,7?/m1/s1. The predicted octanol–water partition coefficient (Wildman–Crippen LogP) is -2.13. The first-order chi connectivity index (χ1) is 5.66. The average Bonchev–Trinajstić information content (AvgIpc) is 2.81. The van der Waals surface area contributed by atoms with Gasteiger partial charge < -0.3 is 24.8 Å². The summed E-state index contributed by atoms with van der Waals surface area (Å²) in [6.07, 6.45) is -4.37. The molecule has 0 aromatic rings. The third kappa shape index (κ3) is 0.982. The van der Waals surface area contributed by atoms with Crippen molar-refractivity contribution < 1.29 is 24.8 Å². The number of fused-ring (bicyclic) bond motifs is 1. The molecule has 0 aromatic heterocycles. The molecule has 1 unspecified atom stereocenters. The lowest BCUT2D eigenvalue weighted by Crippen LogP contribution is -2.54. The summed E-state index contributed by atoms with van der Waals surface area (Å²) in [4.78, 5) is 0. The Morgan fingerprint density at radius 3 is 2.25 bits per heavy atom. The Hall–Kier alpha value is -0.200. The lowest BCUT2D eigenvalue weighted by Gasteiger charge is -2.30. The Morgan fingerprint density at radius 1 is 1.00 bits per heavy atom. The molecule has 0 radical (unpaired) electrons. The maximum absolute atomic E-state index is 9.39. The molecule has 1 saturated carbocycles. The fourth-order valence-electron chi connectivity index (χ4n) is 1.73. The van der Waals surface area contributed by atoms with Crippen molar-refractivity contribution in [2.75, 3.05) is 7.11 Å². The van der Waals surface area contributed by atoms with Gasteiger partial charge in [0.1, 0.15) is 36.6 Å². The fourth-order valence-corrected chi connectivity index (χ4v) is 1.73. The Labute approximate surface area is 69.5 Å². The van der Waals surface area contributed by atoms with Crippen molar-refractivity contribution in [2.24, 2.45) is 0 Å². The highest BCUT2D eigenvalue weighted by Gasteiger charge is 2.60. The van der Waals surface area contributed by atoms with Crippen LogP contribution < -0.4 is 0 Å². The van der Waals surface area contributed by atoms with E-state index in [1.165, 1.54) is 7.11 Å². The first kappa shape index (κ1) is 8.40. The highest BCUT2D eigenvalue weighted by molar-refractivity contribution is 5.08. The summed E-state index contributed by atoms with van der Waals surface area (Å²) in [5, 5.41) is 28.0. The van der Waals surface area contributed by atoms with Crippen LogP contribution >= 0.6 is 0 Å². The summed E-state index contributed by atoms with van der Waals surface area (Å²) in [6.45, 7) is 0. The predicted molar refractivity (Wildman–Crippen MR) is 37.5 cm³/mol. The lowest BCUT2D eigenvalue weighted by molar-refractivity contribution is -0.131. The van der Waals surface area contributed by atoms with E-state index >= 15 is 0 Å². The minimum Gasteiger partial charge on any atom is -0.387 e. The van der Waals surface area contributed by atoms with Gasteiger partial charge in [0, 0.05) is 7.11 Å². The zero-order valence-electron chi connectivity index (χ0n) is 6.62. The second-order valence-electron chi connectivity index (χ2n) is 3.24. The van der Waals surface area contributed by atoms with Gasteiger partial charge in [-0.3, -0.25) is 0 Å². The number of hydrogen-bond acceptors (Lipinski definition) is 5. The van der Waals surface area contributed by atoms with Crippen molar-refractivity contribution >= 4 is 0 Å². The van der Waals surface area contributed by atoms with Crippen LogP contribution in [0.1, 0.15) is 0 Å². The number of aliphatic hydroxyl groups is 3. The minimum atomic E-state index is -1.17. The Bertz CT molecular complexity index is 185. The van der Waals surface area contributed by atoms with Gasteiger partial charge in [0.15, 0.2) is 0 Å². The highest BCUT2D eigenvalue weighted by atomic mass is 16.6. The highest BCUT2D eigenvalue weighted by Crippen LogP contribution is 2.38. The quantitative estimate of drug-likeness (QED) is 0.397. The van der Waals surface area contributed by atoms with Crippen LogP contribution in [0.2, 0.25) is 0 Å². The Kier molecular flexibility index (Phi) is 1.85. The number of ether oxygens (including phenoxy) is 2. The Balaban J connectivity index is 2.11. The van der Waals surface area contributed by atoms with E-state index in [0.29, 0.717) is 0 Å². The molecule has 12 heavy (non-hydrogen) atoms. The van der Waals surface area contributed by atoms with Crippen LogP contribution in [-0.2, 0) is 9.47 Å². The second kappa shape index (κ2) is 2.65. The van der Waals surface area contributed by atoms with Gasteiger partial charge >= 0.3 is 0 Å². The number of aliphatic hydroxyl groups excluding tert-OH is 3. The van der Waals surface area contributed by atoms with Gasteiger partial charge in [-0.1, -0.05) is 0 Å². The molecule has 6 atom stereocenters. The van der Waals surface area contributed by atoms with Crippen LogP contribution in [0.4, 0.5) is 0 Å². The van der Waals surface area contributed by atoms with E-state index in [1.54, 1.807) is 0 Å². The molecule has 2 aliphatic rings. The van der Waals surface area contributed by atoms with E-state index in [2.05, 4.69) is 0 Å². The normalized spacial score (nSPS) is 58.0. The monoisotopic (exact) mass is 176 g/mol. The lowest BCUT2D eigenvalue weighted by atomic mass is 9.90. The molecule has 2 rings (SSSR count). The molecule has 0 amide bonds. The van der Waals surface area contributed by atoms with Gasteiger partial charge in [-0.15, -0.1) is 0 Å². The van der Waals surface area contributed by atoms with Gasteiger partial charge in [-0.2, -0.15) is 0 Å². The van der Waals surface area contributed by atoms with E-state index in [-0.39, 0.29) is 12.2 Å². The summed E-state index contributed by atoms with van der Waals surface area (Å²) in [5.41, 5.74) is 0. The van der Waals surface area contributed by atoms with Crippen LogP contribution in [0.15, 0.2) is 0 Å². The van der Waals surface area contributed by atoms with Crippen LogP contribution in [0.5, 0.6) is 0 Å². The third-order valence-corrected chi connectivity index (χ3v) is 2.53. The molecular weight excluding hydrogens is 164 g/mol. The minimum absolute atomic E-state index is 0.261. The van der Waals surface area contributed by atoms with Crippen LogP contribution in [-0.4, -0.2) is 59.1 Å². The van der Waals surface area contributed by atoms with Gasteiger partial charge in [-0.05, 0) is 0 Å². The molecule has 0 aromatic carbocycles. The molecular formula is C7H12O5. The average molecular weight is 176 g/mol. The molecule has 3 N–H and O–H groups in total. The number of methoxy groups -OCH3 is 1. The van der Waals surface area contributed by atoms with Crippen LogP contribution in [0, 0.1) is 0 Å². The molecule has 1 aliphatic heterocycles. The summed E-state index contributed by atoms with van der Waals surface area (Å²) in [5.74, 6) is 0. The molecule has 2 fully saturated rings. The van der Waals surface area contributed by atoms with E-state index in [1.807, 2.05) is 0 Å². The Morgan fingerprint density at radius 2 is 1.67 bits per heavy atom. The smallest absolute Gasteiger partial charge is 0.116 e. The first-order valence-corrected chi connectivity index (χ1v) is 3.89. The molecule has 0 bridgehead atoms. The summed E-state index contributed by atoms with van der Waals surface area (Å²) < 4.78 is 9.97. The molecule has 0 spiro atoms. The largest absolute Gasteiger partial charge is 0.387 e. The van der Waals surface area contributed by atoms with Crippen molar-refractivity contribution in [1.29, 1.82) is 0 Å².